The first-order valence-corrected chi connectivity index (χ1v) is 9.41. The second-order valence-electron chi connectivity index (χ2n) is 6.08. The van der Waals surface area contributed by atoms with Crippen molar-refractivity contribution in [3.8, 4) is 11.5 Å². The fourth-order valence-corrected chi connectivity index (χ4v) is 3.65. The first-order valence-electron chi connectivity index (χ1n) is 8.53. The Balaban J connectivity index is 1.78. The number of carbonyl (C=O) groups excluding carboxylic acids is 1. The van der Waals surface area contributed by atoms with Gasteiger partial charge in [-0.3, -0.25) is 4.79 Å². The van der Waals surface area contributed by atoms with Gasteiger partial charge in [-0.2, -0.15) is 0 Å². The highest BCUT2D eigenvalue weighted by molar-refractivity contribution is 7.16. The minimum atomic E-state index is -0.573. The molecule has 1 aromatic carbocycles. The molecule has 0 saturated heterocycles. The Morgan fingerprint density at radius 2 is 1.96 bits per heavy atom. The van der Waals surface area contributed by atoms with E-state index in [9.17, 15) is 9.59 Å². The van der Waals surface area contributed by atoms with Crippen LogP contribution in [0.1, 0.15) is 30.0 Å². The highest BCUT2D eigenvalue weighted by Gasteiger charge is 2.17. The van der Waals surface area contributed by atoms with Gasteiger partial charge in [-0.05, 0) is 43.0 Å². The summed E-state index contributed by atoms with van der Waals surface area (Å²) < 4.78 is 15.9. The molecule has 0 spiro atoms. The van der Waals surface area contributed by atoms with Crippen molar-refractivity contribution >= 4 is 33.5 Å². The molecule has 0 saturated carbocycles. The molecule has 2 heterocycles. The predicted octanol–water partition coefficient (Wildman–Crippen LogP) is 3.47. The van der Waals surface area contributed by atoms with Crippen molar-refractivity contribution in [2.45, 2.75) is 19.9 Å². The van der Waals surface area contributed by atoms with Gasteiger partial charge in [-0.15, -0.1) is 11.3 Å². The number of nitrogens with one attached hydrogen (secondary N) is 1. The van der Waals surface area contributed by atoms with E-state index >= 15 is 0 Å². The largest absolute Gasteiger partial charge is 0.496 e. The summed E-state index contributed by atoms with van der Waals surface area (Å²) >= 11 is 1.37. The average Bonchev–Trinajstić information content (AvgIpc) is 3.07. The van der Waals surface area contributed by atoms with Crippen LogP contribution < -0.4 is 20.4 Å². The number of ether oxygens (including phenoxy) is 2. The predicted molar refractivity (Wildman–Crippen MR) is 108 cm³/mol. The quantitative estimate of drug-likeness (QED) is 0.637. The molecule has 146 valence electrons. The van der Waals surface area contributed by atoms with Crippen LogP contribution in [0.5, 0.6) is 11.5 Å². The third-order valence-corrected chi connectivity index (χ3v) is 5.16. The fourth-order valence-electron chi connectivity index (χ4n) is 2.74. The highest BCUT2D eigenvalue weighted by Crippen LogP contribution is 2.29. The molecule has 0 aliphatic rings. The summed E-state index contributed by atoms with van der Waals surface area (Å²) in [6.45, 7) is 3.53. The van der Waals surface area contributed by atoms with Gasteiger partial charge in [-0.1, -0.05) is 6.07 Å². The average molecular weight is 400 g/mol. The van der Waals surface area contributed by atoms with Gasteiger partial charge in [0.05, 0.1) is 25.2 Å². The molecule has 1 unspecified atom stereocenters. The van der Waals surface area contributed by atoms with Gasteiger partial charge >= 0.3 is 5.63 Å². The van der Waals surface area contributed by atoms with Crippen LogP contribution in [-0.2, 0) is 4.79 Å². The lowest BCUT2D eigenvalue weighted by molar-refractivity contribution is -0.117. The minimum absolute atomic E-state index is 0.163. The summed E-state index contributed by atoms with van der Waals surface area (Å²) in [6, 6.07) is 4.78. The number of amides is 1. The van der Waals surface area contributed by atoms with E-state index in [1.165, 1.54) is 17.4 Å². The van der Waals surface area contributed by atoms with Crippen molar-refractivity contribution in [1.82, 2.24) is 10.3 Å². The Morgan fingerprint density at radius 3 is 2.61 bits per heavy atom. The van der Waals surface area contributed by atoms with Crippen molar-refractivity contribution in [2.24, 2.45) is 0 Å². The fraction of sp³-hybridized carbons (Fsp3) is 0.250. The highest BCUT2D eigenvalue weighted by atomic mass is 32.1. The molecule has 0 radical (unpaired) electrons. The number of fused-ring (bicyclic) bond motifs is 1. The standard InChI is InChI=1S/C20H20N2O5S/c1-11-10-28-19-17(11)20(24)27-18(22-19)12(2)21-16(23)9-8-13-14(25-3)6-5-7-15(13)26-4/h5-10,12H,1-4H3,(H,21,23)/b9-8+. The molecule has 28 heavy (non-hydrogen) atoms. The summed E-state index contributed by atoms with van der Waals surface area (Å²) in [6.07, 6.45) is 2.97. The molecule has 1 amide bonds. The van der Waals surface area contributed by atoms with E-state index in [4.69, 9.17) is 13.9 Å². The molecule has 2 aromatic heterocycles. The Kier molecular flexibility index (Phi) is 5.79. The van der Waals surface area contributed by atoms with Crippen LogP contribution in [0.25, 0.3) is 16.3 Å². The lowest BCUT2D eigenvalue weighted by Gasteiger charge is -2.11. The van der Waals surface area contributed by atoms with E-state index < -0.39 is 11.7 Å². The number of carbonyl (C=O) groups is 1. The molecule has 0 fully saturated rings. The van der Waals surface area contributed by atoms with E-state index in [0.717, 1.165) is 5.56 Å². The molecule has 3 rings (SSSR count). The topological polar surface area (TPSA) is 90.7 Å². The summed E-state index contributed by atoms with van der Waals surface area (Å²) in [7, 11) is 3.09. The van der Waals surface area contributed by atoms with Gasteiger partial charge in [0, 0.05) is 6.08 Å². The molecule has 8 heteroatoms. The summed E-state index contributed by atoms with van der Waals surface area (Å²) in [5.74, 6) is 0.966. The van der Waals surface area contributed by atoms with Gasteiger partial charge in [0.15, 0.2) is 0 Å². The number of hydrogen-bond acceptors (Lipinski definition) is 7. The zero-order valence-corrected chi connectivity index (χ0v) is 16.8. The third-order valence-electron chi connectivity index (χ3n) is 4.17. The van der Waals surface area contributed by atoms with E-state index in [2.05, 4.69) is 10.3 Å². The monoisotopic (exact) mass is 400 g/mol. The lowest BCUT2D eigenvalue weighted by Crippen LogP contribution is -2.26. The smallest absolute Gasteiger partial charge is 0.348 e. The molecular weight excluding hydrogens is 380 g/mol. The Bertz CT molecular complexity index is 1080. The Morgan fingerprint density at radius 1 is 1.29 bits per heavy atom. The number of aryl methyl sites for hydroxylation is 1. The van der Waals surface area contributed by atoms with Crippen LogP contribution >= 0.6 is 11.3 Å². The van der Waals surface area contributed by atoms with Crippen LogP contribution in [-0.4, -0.2) is 25.1 Å². The number of thiophene rings is 1. The van der Waals surface area contributed by atoms with Gasteiger partial charge in [0.1, 0.15) is 22.4 Å². The van der Waals surface area contributed by atoms with Crippen LogP contribution in [0.3, 0.4) is 0 Å². The molecule has 3 aromatic rings. The van der Waals surface area contributed by atoms with E-state index in [-0.39, 0.29) is 11.8 Å². The molecule has 0 aliphatic carbocycles. The molecular formula is C20H20N2O5S. The van der Waals surface area contributed by atoms with Gasteiger partial charge < -0.3 is 19.2 Å². The summed E-state index contributed by atoms with van der Waals surface area (Å²) in [5, 5.41) is 5.08. The van der Waals surface area contributed by atoms with Crippen molar-refractivity contribution in [3.05, 3.63) is 57.1 Å². The van der Waals surface area contributed by atoms with Crippen molar-refractivity contribution in [3.63, 3.8) is 0 Å². The zero-order valence-electron chi connectivity index (χ0n) is 15.9. The number of hydrogen-bond donors (Lipinski definition) is 1. The lowest BCUT2D eigenvalue weighted by atomic mass is 10.1. The van der Waals surface area contributed by atoms with E-state index in [1.807, 2.05) is 12.3 Å². The van der Waals surface area contributed by atoms with E-state index in [0.29, 0.717) is 27.3 Å². The number of nitrogens with zero attached hydrogens (tertiary/aromatic N) is 1. The zero-order chi connectivity index (χ0) is 20.3. The number of methoxy groups -OCH3 is 2. The summed E-state index contributed by atoms with van der Waals surface area (Å²) in [4.78, 5) is 29.4. The molecule has 0 aliphatic heterocycles. The van der Waals surface area contributed by atoms with Crippen molar-refractivity contribution in [2.75, 3.05) is 14.2 Å². The van der Waals surface area contributed by atoms with Crippen LogP contribution in [0, 0.1) is 6.92 Å². The summed E-state index contributed by atoms with van der Waals surface area (Å²) in [5.41, 5.74) is 1.03. The van der Waals surface area contributed by atoms with Gasteiger partial charge in [-0.25, -0.2) is 9.78 Å². The number of rotatable bonds is 6. The molecule has 1 atom stereocenters. The first kappa shape index (κ1) is 19.6. The van der Waals surface area contributed by atoms with Crippen LogP contribution in [0.15, 0.2) is 38.9 Å². The van der Waals surface area contributed by atoms with E-state index in [1.54, 1.807) is 45.4 Å². The van der Waals surface area contributed by atoms with Crippen LogP contribution in [0.2, 0.25) is 0 Å². The van der Waals surface area contributed by atoms with Crippen molar-refractivity contribution < 1.29 is 18.7 Å². The maximum Gasteiger partial charge on any atom is 0.348 e. The normalized spacial score (nSPS) is 12.3. The first-order chi connectivity index (χ1) is 13.4. The van der Waals surface area contributed by atoms with Crippen LogP contribution in [0.4, 0.5) is 0 Å². The molecule has 7 nitrogen and oxygen atoms in total. The number of benzene rings is 1. The number of aromatic nitrogens is 1. The van der Waals surface area contributed by atoms with Gasteiger partial charge in [0.25, 0.3) is 0 Å². The minimum Gasteiger partial charge on any atom is -0.496 e. The Hall–Kier alpha value is -3.13. The maximum atomic E-state index is 12.3. The molecule has 1 N–H and O–H groups in total. The van der Waals surface area contributed by atoms with Gasteiger partial charge in [0.2, 0.25) is 11.8 Å². The maximum absolute atomic E-state index is 12.3. The second kappa shape index (κ2) is 8.26. The third kappa shape index (κ3) is 3.91. The van der Waals surface area contributed by atoms with Crippen molar-refractivity contribution in [1.29, 1.82) is 0 Å². The second-order valence-corrected chi connectivity index (χ2v) is 6.94. The Labute approximate surface area is 165 Å². The molecule has 0 bridgehead atoms. The SMILES string of the molecule is COc1cccc(OC)c1/C=C/C(=O)NC(C)c1nc2scc(C)c2c(=O)o1.